The maximum Gasteiger partial charge on any atom is 0.0167 e. The van der Waals surface area contributed by atoms with E-state index in [1.54, 1.807) is 0 Å². The number of nitrogens with zero attached hydrogens (tertiary/aromatic N) is 2. The van der Waals surface area contributed by atoms with Crippen LogP contribution in [0.1, 0.15) is 162 Å². The zero-order valence-corrected chi connectivity index (χ0v) is 23.6. The van der Waals surface area contributed by atoms with Crippen LogP contribution in [0.5, 0.6) is 0 Å². The van der Waals surface area contributed by atoms with Gasteiger partial charge in [-0.05, 0) is 25.7 Å². The summed E-state index contributed by atoms with van der Waals surface area (Å²) in [6.45, 7) is 15.9. The van der Waals surface area contributed by atoms with Gasteiger partial charge in [-0.3, -0.25) is 0 Å². The first-order chi connectivity index (χ1) is 16.3. The molecule has 0 N–H and O–H groups in total. The first-order valence-electron chi connectivity index (χ1n) is 15.4. The Kier molecular flexibility index (Phi) is 27.6. The Balaban J connectivity index is 4.47. The normalized spacial score (nSPS) is 11.7. The van der Waals surface area contributed by atoms with Gasteiger partial charge in [-0.1, -0.05) is 142 Å². The Morgan fingerprint density at radius 2 is 0.667 bits per heavy atom. The summed E-state index contributed by atoms with van der Waals surface area (Å²) in [4.78, 5) is 0. The van der Waals surface area contributed by atoms with Gasteiger partial charge in [0.05, 0.1) is 0 Å². The van der Waals surface area contributed by atoms with Gasteiger partial charge in [0.15, 0.2) is 0 Å². The molecule has 0 saturated heterocycles. The molecule has 2 nitrogen and oxygen atoms in total. The van der Waals surface area contributed by atoms with Crippen LogP contribution in [-0.2, 0) is 0 Å². The van der Waals surface area contributed by atoms with E-state index in [4.69, 9.17) is 0 Å². The first-order valence-corrected chi connectivity index (χ1v) is 15.4. The van der Waals surface area contributed by atoms with E-state index in [9.17, 15) is 0 Å². The average molecular weight is 465 g/mol. The third-order valence-corrected chi connectivity index (χ3v) is 7.05. The molecule has 0 atom stereocenters. The largest absolute Gasteiger partial charge is 0.242 e. The molecule has 0 bridgehead atoms. The van der Waals surface area contributed by atoms with Crippen LogP contribution in [0.2, 0.25) is 0 Å². The molecular formula is C31H64N2. The van der Waals surface area contributed by atoms with Crippen molar-refractivity contribution in [2.75, 3.05) is 26.2 Å². The first kappa shape index (κ1) is 32.7. The van der Waals surface area contributed by atoms with Crippen molar-refractivity contribution in [1.29, 1.82) is 0 Å². The van der Waals surface area contributed by atoms with E-state index in [2.05, 4.69) is 43.4 Å². The molecule has 0 unspecified atom stereocenters. The summed E-state index contributed by atoms with van der Waals surface area (Å²) in [5.41, 5.74) is 0. The summed E-state index contributed by atoms with van der Waals surface area (Å²) >= 11 is 0. The SMILES string of the molecule is C=CCCN(CCCCCCCCC)N(CCCCCCCCC)CCCCCCCCC. The van der Waals surface area contributed by atoms with Crippen molar-refractivity contribution >= 4 is 0 Å². The van der Waals surface area contributed by atoms with E-state index >= 15 is 0 Å². The average Bonchev–Trinajstić information content (AvgIpc) is 2.83. The van der Waals surface area contributed by atoms with Crippen molar-refractivity contribution in [3.63, 3.8) is 0 Å². The standard InChI is InChI=1S/C31H64N2/c1-5-9-13-16-19-22-25-29-32(28-12-8-4)33(30-26-23-20-17-14-10-6-2)31-27-24-21-18-15-11-7-3/h8H,4-7,9-31H2,1-3H3. The molecule has 0 amide bonds. The molecule has 0 aliphatic carbocycles. The van der Waals surface area contributed by atoms with Crippen LogP contribution < -0.4 is 0 Å². The third kappa shape index (κ3) is 23.2. The number of hydrazine groups is 1. The molecule has 0 rings (SSSR count). The molecule has 0 aliphatic heterocycles. The van der Waals surface area contributed by atoms with Gasteiger partial charge in [-0.15, -0.1) is 6.58 Å². The zero-order chi connectivity index (χ0) is 24.2. The van der Waals surface area contributed by atoms with Crippen molar-refractivity contribution < 1.29 is 0 Å². The van der Waals surface area contributed by atoms with E-state index in [0.717, 1.165) is 13.0 Å². The predicted molar refractivity (Wildman–Crippen MR) is 152 cm³/mol. The Labute approximate surface area is 210 Å². The fourth-order valence-electron chi connectivity index (χ4n) is 4.78. The summed E-state index contributed by atoms with van der Waals surface area (Å²) < 4.78 is 0. The van der Waals surface area contributed by atoms with Crippen molar-refractivity contribution in [2.45, 2.75) is 162 Å². The van der Waals surface area contributed by atoms with Crippen LogP contribution in [0.25, 0.3) is 0 Å². The van der Waals surface area contributed by atoms with E-state index in [1.165, 1.54) is 154 Å². The maximum atomic E-state index is 4.01. The minimum absolute atomic E-state index is 1.11. The van der Waals surface area contributed by atoms with Crippen LogP contribution in [0, 0.1) is 0 Å². The molecule has 198 valence electrons. The zero-order valence-electron chi connectivity index (χ0n) is 23.6. The van der Waals surface area contributed by atoms with Crippen LogP contribution in [0.4, 0.5) is 0 Å². The van der Waals surface area contributed by atoms with Gasteiger partial charge < -0.3 is 0 Å². The van der Waals surface area contributed by atoms with E-state index in [1.807, 2.05) is 0 Å². The van der Waals surface area contributed by atoms with Crippen molar-refractivity contribution in [3.05, 3.63) is 12.7 Å². The van der Waals surface area contributed by atoms with E-state index in [-0.39, 0.29) is 0 Å². The lowest BCUT2D eigenvalue weighted by atomic mass is 10.1. The third-order valence-electron chi connectivity index (χ3n) is 7.05. The molecule has 0 heterocycles. The molecule has 0 saturated carbocycles. The fourth-order valence-corrected chi connectivity index (χ4v) is 4.78. The summed E-state index contributed by atoms with van der Waals surface area (Å²) in [5, 5.41) is 5.46. The van der Waals surface area contributed by atoms with Gasteiger partial charge in [0.1, 0.15) is 0 Å². The minimum Gasteiger partial charge on any atom is -0.242 e. The van der Waals surface area contributed by atoms with E-state index in [0.29, 0.717) is 0 Å². The van der Waals surface area contributed by atoms with Crippen molar-refractivity contribution in [1.82, 2.24) is 10.0 Å². The molecule has 0 radical (unpaired) electrons. The molecular weight excluding hydrogens is 400 g/mol. The van der Waals surface area contributed by atoms with Crippen LogP contribution >= 0.6 is 0 Å². The number of hydrogen-bond donors (Lipinski definition) is 0. The molecule has 0 aliphatic rings. The van der Waals surface area contributed by atoms with Gasteiger partial charge in [0, 0.05) is 26.2 Å². The van der Waals surface area contributed by atoms with Crippen molar-refractivity contribution in [3.8, 4) is 0 Å². The highest BCUT2D eigenvalue weighted by Crippen LogP contribution is 2.14. The molecule has 0 aromatic heterocycles. The lowest BCUT2D eigenvalue weighted by Gasteiger charge is -2.35. The Bertz CT molecular complexity index is 350. The fraction of sp³-hybridized carbons (Fsp3) is 0.935. The Morgan fingerprint density at radius 1 is 0.394 bits per heavy atom. The summed E-state index contributed by atoms with van der Waals surface area (Å²) in [5.74, 6) is 0. The quantitative estimate of drug-likeness (QED) is 0.0645. The van der Waals surface area contributed by atoms with Gasteiger partial charge in [0.25, 0.3) is 0 Å². The predicted octanol–water partition coefficient (Wildman–Crippen LogP) is 10.3. The second kappa shape index (κ2) is 27.9. The molecule has 0 aromatic carbocycles. The van der Waals surface area contributed by atoms with Crippen LogP contribution in [-0.4, -0.2) is 36.2 Å². The number of unbranched alkanes of at least 4 members (excludes halogenated alkanes) is 18. The highest BCUT2D eigenvalue weighted by Gasteiger charge is 2.14. The highest BCUT2D eigenvalue weighted by atomic mass is 15.6. The number of rotatable bonds is 28. The van der Waals surface area contributed by atoms with Crippen LogP contribution in [0.3, 0.4) is 0 Å². The number of hydrogen-bond acceptors (Lipinski definition) is 2. The van der Waals surface area contributed by atoms with Gasteiger partial charge in [-0.25, -0.2) is 10.0 Å². The van der Waals surface area contributed by atoms with Gasteiger partial charge >= 0.3 is 0 Å². The molecule has 2 heteroatoms. The molecule has 0 fully saturated rings. The molecule has 0 aromatic rings. The Hall–Kier alpha value is -0.340. The Morgan fingerprint density at radius 3 is 0.970 bits per heavy atom. The highest BCUT2D eigenvalue weighted by molar-refractivity contribution is 4.70. The van der Waals surface area contributed by atoms with E-state index < -0.39 is 0 Å². The second-order valence-electron chi connectivity index (χ2n) is 10.3. The summed E-state index contributed by atoms with van der Waals surface area (Å²) in [7, 11) is 0. The lowest BCUT2D eigenvalue weighted by molar-refractivity contribution is -0.0282. The monoisotopic (exact) mass is 465 g/mol. The van der Waals surface area contributed by atoms with Gasteiger partial charge in [0.2, 0.25) is 0 Å². The topological polar surface area (TPSA) is 6.48 Å². The van der Waals surface area contributed by atoms with Crippen molar-refractivity contribution in [2.24, 2.45) is 0 Å². The van der Waals surface area contributed by atoms with Gasteiger partial charge in [-0.2, -0.15) is 0 Å². The smallest absolute Gasteiger partial charge is 0.0167 e. The lowest BCUT2D eigenvalue weighted by Crippen LogP contribution is -2.45. The minimum atomic E-state index is 1.11. The van der Waals surface area contributed by atoms with Crippen LogP contribution in [0.15, 0.2) is 12.7 Å². The maximum absolute atomic E-state index is 4.01. The molecule has 33 heavy (non-hydrogen) atoms. The summed E-state index contributed by atoms with van der Waals surface area (Å²) in [6.07, 6.45) is 32.7. The second-order valence-corrected chi connectivity index (χ2v) is 10.3. The summed E-state index contributed by atoms with van der Waals surface area (Å²) in [6, 6.07) is 0. The molecule has 0 spiro atoms.